The van der Waals surface area contributed by atoms with Gasteiger partial charge in [0.15, 0.2) is 10.6 Å². The van der Waals surface area contributed by atoms with E-state index in [2.05, 4.69) is 42.7 Å². The summed E-state index contributed by atoms with van der Waals surface area (Å²) in [4.78, 5) is 36.6. The van der Waals surface area contributed by atoms with E-state index in [-0.39, 0.29) is 17.3 Å². The molecule has 5 heterocycles. The number of anilines is 2. The van der Waals surface area contributed by atoms with E-state index in [1.165, 1.54) is 29.3 Å². The number of rotatable bonds is 9. The van der Waals surface area contributed by atoms with E-state index < -0.39 is 16.7 Å². The van der Waals surface area contributed by atoms with Gasteiger partial charge in [0.2, 0.25) is 5.95 Å². The zero-order chi connectivity index (χ0) is 32.2. The Labute approximate surface area is 274 Å². The van der Waals surface area contributed by atoms with E-state index in [0.29, 0.717) is 39.1 Å². The molecule has 1 fully saturated rings. The number of hydrogen-bond acceptors (Lipinski definition) is 10. The third kappa shape index (κ3) is 6.70. The molecule has 6 aromatic rings. The topological polar surface area (TPSA) is 143 Å². The number of nitrogens with one attached hydrogen (secondary N) is 2. The van der Waals surface area contributed by atoms with Crippen LogP contribution in [-0.4, -0.2) is 47.1 Å². The zero-order valence-corrected chi connectivity index (χ0v) is 26.5. The molecule has 1 aliphatic rings. The smallest absolute Gasteiger partial charge is 0.295 e. The Balaban J connectivity index is 1.27. The van der Waals surface area contributed by atoms with Crippen LogP contribution >= 0.6 is 0 Å². The van der Waals surface area contributed by atoms with Crippen molar-refractivity contribution in [2.45, 2.75) is 42.1 Å². The molecule has 2 aromatic carbocycles. The molecule has 2 N–H and O–H groups in total. The molecule has 7 rings (SSSR count). The molecule has 0 radical (unpaired) electrons. The lowest BCUT2D eigenvalue weighted by molar-refractivity contribution is 0.461. The van der Waals surface area contributed by atoms with Gasteiger partial charge in [-0.2, -0.15) is 9.97 Å². The third-order valence-electron chi connectivity index (χ3n) is 8.16. The normalized spacial score (nSPS) is 15.3. The molecule has 2 unspecified atom stereocenters. The first kappa shape index (κ1) is 30.5. The molecule has 0 saturated carbocycles. The van der Waals surface area contributed by atoms with Gasteiger partial charge < -0.3 is 19.9 Å². The van der Waals surface area contributed by atoms with Crippen LogP contribution in [0.5, 0.6) is 11.5 Å². The average molecular weight is 645 g/mol. The summed E-state index contributed by atoms with van der Waals surface area (Å²) in [7, 11) is 0. The molecule has 2 atom stereocenters. The maximum Gasteiger partial charge on any atom is 0.295 e. The van der Waals surface area contributed by atoms with E-state index in [4.69, 9.17) is 9.72 Å². The summed E-state index contributed by atoms with van der Waals surface area (Å²) in [6.07, 6.45) is 10.1. The average Bonchev–Trinajstić information content (AvgIpc) is 3.12. The second-order valence-corrected chi connectivity index (χ2v) is 12.7. The van der Waals surface area contributed by atoms with Crippen LogP contribution < -0.4 is 20.9 Å². The van der Waals surface area contributed by atoms with Gasteiger partial charge in [-0.25, -0.2) is 9.97 Å². The Hall–Kier alpha value is -5.17. The number of piperidine rings is 1. The number of fused-ring (bicyclic) bond motifs is 1. The van der Waals surface area contributed by atoms with Gasteiger partial charge in [0, 0.05) is 65.7 Å². The fourth-order valence-electron chi connectivity index (χ4n) is 5.67. The van der Waals surface area contributed by atoms with Gasteiger partial charge in [0.1, 0.15) is 17.7 Å². The number of aromatic nitrogens is 6. The van der Waals surface area contributed by atoms with Crippen molar-refractivity contribution in [3.05, 3.63) is 125 Å². The number of ether oxygens (including phenoxy) is 1. The number of aryl methyl sites for hydroxylation is 1. The van der Waals surface area contributed by atoms with Gasteiger partial charge in [-0.15, -0.1) is 0 Å². The molecule has 12 heteroatoms. The molecule has 11 nitrogen and oxygen atoms in total. The highest BCUT2D eigenvalue weighted by molar-refractivity contribution is 7.91. The number of nitrogens with zero attached hydrogens (tertiary/aromatic N) is 6. The molecular formula is C35H32N8O3S. The molecular weight excluding hydrogens is 613 g/mol. The van der Waals surface area contributed by atoms with Crippen LogP contribution in [0.1, 0.15) is 35.4 Å². The Morgan fingerprint density at radius 2 is 1.85 bits per heavy atom. The lowest BCUT2D eigenvalue weighted by atomic mass is 9.92. The molecule has 236 valence electrons. The molecule has 0 spiro atoms. The quantitative estimate of drug-likeness (QED) is 0.153. The minimum Gasteiger partial charge on any atom is -0.605 e. The van der Waals surface area contributed by atoms with E-state index >= 15 is 0 Å². The predicted molar refractivity (Wildman–Crippen MR) is 180 cm³/mol. The monoisotopic (exact) mass is 644 g/mol. The van der Waals surface area contributed by atoms with Gasteiger partial charge in [-0.05, 0) is 67.6 Å². The SMILES string of the molecule is Cc1ccccc1Oc1cc2cnc(Nc3ccc(C4CCCNC4)cc3)nc2n(Cc2cncnc2[S+]([O-])c2ccncc2)c1=O. The summed E-state index contributed by atoms with van der Waals surface area (Å²) in [5.74, 6) is 1.50. The summed E-state index contributed by atoms with van der Waals surface area (Å²) in [5.41, 5.74) is 3.46. The third-order valence-corrected chi connectivity index (χ3v) is 9.58. The maximum absolute atomic E-state index is 14.1. The number of para-hydroxylation sites is 1. The highest BCUT2D eigenvalue weighted by atomic mass is 32.2. The predicted octanol–water partition coefficient (Wildman–Crippen LogP) is 5.50. The molecule has 47 heavy (non-hydrogen) atoms. The zero-order valence-electron chi connectivity index (χ0n) is 25.7. The van der Waals surface area contributed by atoms with Crippen molar-refractivity contribution in [2.24, 2.45) is 0 Å². The largest absolute Gasteiger partial charge is 0.605 e. The minimum atomic E-state index is -1.63. The summed E-state index contributed by atoms with van der Waals surface area (Å²) in [6, 6.07) is 20.8. The number of benzene rings is 2. The van der Waals surface area contributed by atoms with Crippen LogP contribution in [0.15, 0.2) is 113 Å². The van der Waals surface area contributed by atoms with Gasteiger partial charge in [-0.3, -0.25) is 14.3 Å². The summed E-state index contributed by atoms with van der Waals surface area (Å²) >= 11 is -1.63. The van der Waals surface area contributed by atoms with Crippen LogP contribution in [-0.2, 0) is 17.7 Å². The van der Waals surface area contributed by atoms with Crippen molar-refractivity contribution in [2.75, 3.05) is 18.4 Å². The number of pyridine rings is 2. The Bertz CT molecular complexity index is 2070. The Kier molecular flexibility index (Phi) is 8.87. The first-order valence-electron chi connectivity index (χ1n) is 15.4. The van der Waals surface area contributed by atoms with Crippen molar-refractivity contribution in [1.29, 1.82) is 0 Å². The first-order chi connectivity index (χ1) is 23.0. The fraction of sp³-hybridized carbons (Fsp3) is 0.200. The van der Waals surface area contributed by atoms with Crippen LogP contribution in [0.25, 0.3) is 11.0 Å². The van der Waals surface area contributed by atoms with Crippen molar-refractivity contribution in [3.8, 4) is 11.5 Å². The van der Waals surface area contributed by atoms with E-state index in [1.807, 2.05) is 43.3 Å². The highest BCUT2D eigenvalue weighted by Gasteiger charge is 2.24. The van der Waals surface area contributed by atoms with Gasteiger partial charge >= 0.3 is 0 Å². The standard InChI is InChI=1S/C35H32N8O3S/c1-23-5-2-3-7-30(23)46-31-17-26-20-39-35(41-28-10-8-24(9-11-28)25-6-4-14-37-18-25)42-32(26)43(34(31)44)21-27-19-38-22-40-33(27)47(45)29-12-15-36-16-13-29/h2-3,5,7-13,15-17,19-20,22,25,37H,4,6,14,18,21H2,1H3,(H,39,41,42). The van der Waals surface area contributed by atoms with Crippen LogP contribution in [0.2, 0.25) is 0 Å². The van der Waals surface area contributed by atoms with E-state index in [9.17, 15) is 9.35 Å². The van der Waals surface area contributed by atoms with Crippen LogP contribution in [0.4, 0.5) is 11.6 Å². The van der Waals surface area contributed by atoms with Gasteiger partial charge in [-0.1, -0.05) is 30.3 Å². The summed E-state index contributed by atoms with van der Waals surface area (Å²) < 4.78 is 21.2. The lowest BCUT2D eigenvalue weighted by Gasteiger charge is -2.23. The van der Waals surface area contributed by atoms with E-state index in [0.717, 1.165) is 24.3 Å². The Morgan fingerprint density at radius 1 is 1.02 bits per heavy atom. The highest BCUT2D eigenvalue weighted by Crippen LogP contribution is 2.28. The minimum absolute atomic E-state index is 0.00608. The summed E-state index contributed by atoms with van der Waals surface area (Å²) in [6.45, 7) is 3.96. The fourth-order valence-corrected chi connectivity index (χ4v) is 6.76. The van der Waals surface area contributed by atoms with Crippen molar-refractivity contribution in [1.82, 2.24) is 34.8 Å². The maximum atomic E-state index is 14.1. The van der Waals surface area contributed by atoms with Crippen molar-refractivity contribution < 1.29 is 9.29 Å². The first-order valence-corrected chi connectivity index (χ1v) is 16.5. The second kappa shape index (κ2) is 13.7. The molecule has 4 aromatic heterocycles. The number of hydrogen-bond donors (Lipinski definition) is 2. The Morgan fingerprint density at radius 3 is 2.64 bits per heavy atom. The van der Waals surface area contributed by atoms with Crippen molar-refractivity contribution in [3.63, 3.8) is 0 Å². The summed E-state index contributed by atoms with van der Waals surface area (Å²) in [5, 5.41) is 7.64. The molecule has 0 amide bonds. The van der Waals surface area contributed by atoms with Crippen LogP contribution in [0.3, 0.4) is 0 Å². The molecule has 0 bridgehead atoms. The molecule has 1 saturated heterocycles. The van der Waals surface area contributed by atoms with E-state index in [1.54, 1.807) is 43.0 Å². The lowest BCUT2D eigenvalue weighted by Crippen LogP contribution is -2.28. The second-order valence-electron chi connectivity index (χ2n) is 11.3. The van der Waals surface area contributed by atoms with Crippen LogP contribution in [0, 0.1) is 6.92 Å². The molecule has 0 aliphatic carbocycles. The molecule has 1 aliphatic heterocycles. The van der Waals surface area contributed by atoms with Gasteiger partial charge in [0.25, 0.3) is 10.6 Å². The van der Waals surface area contributed by atoms with Crippen molar-refractivity contribution >= 4 is 33.8 Å². The van der Waals surface area contributed by atoms with Gasteiger partial charge in [0.05, 0.1) is 12.1 Å².